The molecule has 0 fully saturated rings. The molecule has 0 spiro atoms. The van der Waals surface area contributed by atoms with Crippen LogP contribution in [0, 0.1) is 6.92 Å². The van der Waals surface area contributed by atoms with Crippen molar-refractivity contribution in [3.63, 3.8) is 0 Å². The molecule has 2 aromatic heterocycles. The lowest BCUT2D eigenvalue weighted by atomic mass is 10.1. The standard InChI is InChI=1S/C19H17ClF3N3S2/c1-11-8-13(4-6-15(11)20)16-10-27-18(25-16)26-28(3)12(2)14-5-7-17(24-9-14)19(21,22)23/h4-10,12H,1-3H3. The maximum Gasteiger partial charge on any atom is 0.433 e. The lowest BCUT2D eigenvalue weighted by Crippen LogP contribution is -2.09. The van der Waals surface area contributed by atoms with Gasteiger partial charge in [-0.2, -0.15) is 17.5 Å². The molecule has 148 valence electrons. The van der Waals surface area contributed by atoms with E-state index in [1.165, 1.54) is 23.6 Å². The molecule has 1 aromatic carbocycles. The highest BCUT2D eigenvalue weighted by atomic mass is 35.5. The van der Waals surface area contributed by atoms with Gasteiger partial charge in [0.1, 0.15) is 5.69 Å². The normalized spacial score (nSPS) is 14.2. The summed E-state index contributed by atoms with van der Waals surface area (Å²) in [4.78, 5) is 8.10. The molecule has 0 aliphatic carbocycles. The molecule has 9 heteroatoms. The van der Waals surface area contributed by atoms with Gasteiger partial charge in [-0.1, -0.05) is 34.4 Å². The minimum atomic E-state index is -4.43. The number of aryl methyl sites for hydroxylation is 1. The van der Waals surface area contributed by atoms with E-state index >= 15 is 0 Å². The van der Waals surface area contributed by atoms with Crippen molar-refractivity contribution in [3.8, 4) is 11.3 Å². The zero-order valence-electron chi connectivity index (χ0n) is 15.3. The van der Waals surface area contributed by atoms with E-state index in [1.54, 1.807) is 0 Å². The number of nitrogens with zero attached hydrogens (tertiary/aromatic N) is 3. The van der Waals surface area contributed by atoms with Crippen molar-refractivity contribution in [1.29, 1.82) is 0 Å². The smallest absolute Gasteiger partial charge is 0.251 e. The number of pyridine rings is 1. The van der Waals surface area contributed by atoms with Crippen molar-refractivity contribution in [2.24, 2.45) is 4.36 Å². The van der Waals surface area contributed by atoms with E-state index in [1.807, 2.05) is 43.7 Å². The summed E-state index contributed by atoms with van der Waals surface area (Å²) in [5.74, 6) is 0. The second kappa shape index (κ2) is 8.31. The predicted molar refractivity (Wildman–Crippen MR) is 110 cm³/mol. The summed E-state index contributed by atoms with van der Waals surface area (Å²) in [6.07, 6.45) is -1.22. The van der Waals surface area contributed by atoms with E-state index in [4.69, 9.17) is 11.6 Å². The minimum Gasteiger partial charge on any atom is -0.251 e. The fourth-order valence-corrected chi connectivity index (χ4v) is 4.63. The molecule has 2 unspecified atom stereocenters. The zero-order chi connectivity index (χ0) is 20.5. The van der Waals surface area contributed by atoms with Crippen molar-refractivity contribution >= 4 is 38.8 Å². The van der Waals surface area contributed by atoms with Gasteiger partial charge in [-0.05, 0) is 49.4 Å². The molecule has 0 saturated heterocycles. The number of rotatable bonds is 4. The van der Waals surface area contributed by atoms with Gasteiger partial charge >= 0.3 is 6.18 Å². The van der Waals surface area contributed by atoms with Crippen LogP contribution in [0.3, 0.4) is 0 Å². The first kappa shape index (κ1) is 21.0. The first-order valence-corrected chi connectivity index (χ1v) is 11.2. The largest absolute Gasteiger partial charge is 0.433 e. The third kappa shape index (κ3) is 4.79. The zero-order valence-corrected chi connectivity index (χ0v) is 17.7. The van der Waals surface area contributed by atoms with E-state index < -0.39 is 22.6 Å². The average Bonchev–Trinajstić information content (AvgIpc) is 3.11. The number of halogens is 4. The Morgan fingerprint density at radius 2 is 1.96 bits per heavy atom. The quantitative estimate of drug-likeness (QED) is 0.435. The summed E-state index contributed by atoms with van der Waals surface area (Å²) in [5.41, 5.74) is 2.59. The molecule has 3 rings (SSSR count). The molecule has 28 heavy (non-hydrogen) atoms. The highest BCUT2D eigenvalue weighted by Crippen LogP contribution is 2.32. The summed E-state index contributed by atoms with van der Waals surface area (Å²) in [7, 11) is -0.465. The second-order valence-electron chi connectivity index (χ2n) is 6.21. The lowest BCUT2D eigenvalue weighted by Gasteiger charge is -2.13. The van der Waals surface area contributed by atoms with Crippen molar-refractivity contribution in [2.75, 3.05) is 6.26 Å². The van der Waals surface area contributed by atoms with Crippen molar-refractivity contribution in [3.05, 3.63) is 63.8 Å². The van der Waals surface area contributed by atoms with Crippen LogP contribution >= 0.6 is 22.9 Å². The molecular weight excluding hydrogens is 427 g/mol. The van der Waals surface area contributed by atoms with Gasteiger partial charge < -0.3 is 0 Å². The van der Waals surface area contributed by atoms with Gasteiger partial charge in [0.25, 0.3) is 0 Å². The molecule has 0 saturated carbocycles. The lowest BCUT2D eigenvalue weighted by molar-refractivity contribution is -0.141. The summed E-state index contributed by atoms with van der Waals surface area (Å²) in [6.45, 7) is 3.86. The monoisotopic (exact) mass is 443 g/mol. The number of benzene rings is 1. The molecule has 0 radical (unpaired) electrons. The van der Waals surface area contributed by atoms with Crippen LogP contribution in [0.1, 0.15) is 29.0 Å². The van der Waals surface area contributed by atoms with E-state index in [9.17, 15) is 13.2 Å². The number of hydrogen-bond donors (Lipinski definition) is 0. The molecule has 2 heterocycles. The third-order valence-electron chi connectivity index (χ3n) is 4.23. The molecule has 0 bridgehead atoms. The van der Waals surface area contributed by atoms with Crippen molar-refractivity contribution in [2.45, 2.75) is 25.3 Å². The van der Waals surface area contributed by atoms with Crippen LogP contribution in [0.15, 0.2) is 46.3 Å². The third-order valence-corrected chi connectivity index (χ3v) is 7.26. The van der Waals surface area contributed by atoms with Crippen LogP contribution < -0.4 is 0 Å². The van der Waals surface area contributed by atoms with Crippen LogP contribution in [-0.2, 0) is 16.9 Å². The molecule has 0 amide bonds. The highest BCUT2D eigenvalue weighted by molar-refractivity contribution is 7.87. The maximum atomic E-state index is 12.7. The van der Waals surface area contributed by atoms with Crippen LogP contribution in [0.5, 0.6) is 0 Å². The van der Waals surface area contributed by atoms with E-state index in [0.29, 0.717) is 15.7 Å². The Labute approximate surface area is 172 Å². The number of alkyl halides is 3. The number of thiazole rings is 1. The predicted octanol–water partition coefficient (Wildman–Crippen LogP) is 7.01. The summed E-state index contributed by atoms with van der Waals surface area (Å²) >= 11 is 7.50. The average molecular weight is 444 g/mol. The van der Waals surface area contributed by atoms with Crippen molar-refractivity contribution < 1.29 is 13.2 Å². The van der Waals surface area contributed by atoms with Gasteiger partial charge in [-0.25, -0.2) is 4.98 Å². The molecule has 0 aliphatic rings. The van der Waals surface area contributed by atoms with Gasteiger partial charge in [0.15, 0.2) is 0 Å². The van der Waals surface area contributed by atoms with Crippen LogP contribution in [0.25, 0.3) is 11.3 Å². The maximum absolute atomic E-state index is 12.7. The highest BCUT2D eigenvalue weighted by Gasteiger charge is 2.32. The molecule has 3 nitrogen and oxygen atoms in total. The summed E-state index contributed by atoms with van der Waals surface area (Å²) < 4.78 is 42.6. The Hall–Kier alpha value is -1.77. The molecule has 0 N–H and O–H groups in total. The fourth-order valence-electron chi connectivity index (χ4n) is 2.46. The Kier molecular flexibility index (Phi) is 6.21. The Bertz CT molecular complexity index is 1010. The summed E-state index contributed by atoms with van der Waals surface area (Å²) in [5, 5.41) is 3.21. The minimum absolute atomic E-state index is 0.0695. The van der Waals surface area contributed by atoms with E-state index in [2.05, 4.69) is 14.3 Å². The van der Waals surface area contributed by atoms with Gasteiger partial charge in [0, 0.05) is 27.4 Å². The SMILES string of the molecule is Cc1cc(-c2csc(N=S(C)C(C)c3ccc(C(F)(F)F)nc3)n2)ccc1Cl. The first-order valence-electron chi connectivity index (χ1n) is 8.27. The number of aromatic nitrogens is 2. The van der Waals surface area contributed by atoms with Crippen LogP contribution in [0.2, 0.25) is 5.02 Å². The Balaban J connectivity index is 1.79. The molecule has 3 aromatic rings. The van der Waals surface area contributed by atoms with Gasteiger partial charge in [-0.3, -0.25) is 4.98 Å². The molecule has 0 aliphatic heterocycles. The van der Waals surface area contributed by atoms with E-state index in [0.717, 1.165) is 22.9 Å². The number of hydrogen-bond acceptors (Lipinski definition) is 4. The topological polar surface area (TPSA) is 38.1 Å². The van der Waals surface area contributed by atoms with Crippen molar-refractivity contribution in [1.82, 2.24) is 9.97 Å². The second-order valence-corrected chi connectivity index (χ2v) is 9.39. The van der Waals surface area contributed by atoms with E-state index in [-0.39, 0.29) is 5.25 Å². The Morgan fingerprint density at radius 3 is 2.57 bits per heavy atom. The first-order chi connectivity index (χ1) is 13.1. The van der Waals surface area contributed by atoms with Gasteiger partial charge in [-0.15, -0.1) is 11.3 Å². The Morgan fingerprint density at radius 1 is 1.21 bits per heavy atom. The van der Waals surface area contributed by atoms with Gasteiger partial charge in [0.05, 0.1) is 5.69 Å². The molecular formula is C19H17ClF3N3S2. The van der Waals surface area contributed by atoms with Crippen LogP contribution in [-0.4, -0.2) is 16.2 Å². The fraction of sp³-hybridized carbons (Fsp3) is 0.263. The van der Waals surface area contributed by atoms with Gasteiger partial charge in [0.2, 0.25) is 5.13 Å². The molecule has 2 atom stereocenters. The van der Waals surface area contributed by atoms with Crippen LogP contribution in [0.4, 0.5) is 18.3 Å². The summed E-state index contributed by atoms with van der Waals surface area (Å²) in [6, 6.07) is 8.20.